The highest BCUT2D eigenvalue weighted by molar-refractivity contribution is 6.31. The summed E-state index contributed by atoms with van der Waals surface area (Å²) >= 11 is 6.67. The number of nitrogens with zero attached hydrogens (tertiary/aromatic N) is 3. The lowest BCUT2D eigenvalue weighted by Crippen LogP contribution is -2.48. The molecular formula is C23H33ClN6O2. The largest absolute Gasteiger partial charge is 0.493 e. The molecule has 0 amide bonds. The number of aliphatic hydroxyl groups excluding tert-OH is 1. The van der Waals surface area contributed by atoms with Gasteiger partial charge in [0.25, 0.3) is 0 Å². The maximum atomic E-state index is 9.69. The lowest BCUT2D eigenvalue weighted by atomic mass is 9.85. The Labute approximate surface area is 194 Å². The molecule has 0 bridgehead atoms. The van der Waals surface area contributed by atoms with Gasteiger partial charge in [0, 0.05) is 47.4 Å². The highest BCUT2D eigenvalue weighted by atomic mass is 35.5. The number of nitrogens with two attached hydrogens (primary N) is 1. The fourth-order valence-corrected chi connectivity index (χ4v) is 4.54. The fourth-order valence-electron chi connectivity index (χ4n) is 4.32. The molecule has 1 aromatic carbocycles. The van der Waals surface area contributed by atoms with E-state index < -0.39 is 0 Å². The molecule has 1 aromatic heterocycles. The van der Waals surface area contributed by atoms with Crippen molar-refractivity contribution >= 4 is 28.9 Å². The minimum atomic E-state index is -0.352. The summed E-state index contributed by atoms with van der Waals surface area (Å²) in [6.07, 6.45) is 1.04. The van der Waals surface area contributed by atoms with Crippen LogP contribution < -0.4 is 15.8 Å². The third-order valence-corrected chi connectivity index (χ3v) is 6.19. The van der Waals surface area contributed by atoms with E-state index in [9.17, 15) is 5.11 Å². The predicted octanol–water partition coefficient (Wildman–Crippen LogP) is 3.76. The second-order valence-electron chi connectivity index (χ2n) is 8.49. The number of nitrogen functional groups attached to an aromatic ring is 1. The van der Waals surface area contributed by atoms with Gasteiger partial charge in [0.15, 0.2) is 0 Å². The molecule has 0 saturated carbocycles. The molecule has 5 N–H and O–H groups in total. The molecule has 2 aromatic rings. The number of hydrogen-bond donors (Lipinski definition) is 4. The van der Waals surface area contributed by atoms with Gasteiger partial charge in [-0.15, -0.1) is 0 Å². The minimum Gasteiger partial charge on any atom is -0.493 e. The second-order valence-corrected chi connectivity index (χ2v) is 8.89. The van der Waals surface area contributed by atoms with Crippen LogP contribution in [0.3, 0.4) is 0 Å². The average molecular weight is 461 g/mol. The van der Waals surface area contributed by atoms with Crippen LogP contribution in [0.5, 0.6) is 5.75 Å². The number of likely N-dealkylation sites (tertiary alicyclic amines) is 1. The molecule has 1 aliphatic heterocycles. The summed E-state index contributed by atoms with van der Waals surface area (Å²) in [5.74, 6) is 1.90. The molecule has 9 heteroatoms. The molecule has 8 nitrogen and oxygen atoms in total. The Morgan fingerprint density at radius 2 is 2.09 bits per heavy atom. The van der Waals surface area contributed by atoms with Crippen molar-refractivity contribution in [3.63, 3.8) is 0 Å². The number of β-amino-alcohol motifs (C(OH)–C–C–N with tert-alkyl or cyclic N) is 1. The van der Waals surface area contributed by atoms with E-state index in [1.807, 2.05) is 26.8 Å². The second kappa shape index (κ2) is 10.0. The van der Waals surface area contributed by atoms with Gasteiger partial charge in [-0.2, -0.15) is 0 Å². The summed E-state index contributed by atoms with van der Waals surface area (Å²) in [6, 6.07) is 1.74. The first-order valence-electron chi connectivity index (χ1n) is 10.9. The number of halogens is 1. The molecule has 1 unspecified atom stereocenters. The Morgan fingerprint density at radius 1 is 1.41 bits per heavy atom. The molecule has 1 aliphatic rings. The molecule has 1 saturated heterocycles. The third kappa shape index (κ3) is 4.98. The van der Waals surface area contributed by atoms with Crippen molar-refractivity contribution in [2.24, 2.45) is 0 Å². The Hall–Kier alpha value is -2.42. The molecule has 174 valence electrons. The minimum absolute atomic E-state index is 0.200. The maximum absolute atomic E-state index is 9.69. The van der Waals surface area contributed by atoms with Crippen molar-refractivity contribution in [3.8, 4) is 5.75 Å². The summed E-state index contributed by atoms with van der Waals surface area (Å²) in [5.41, 5.74) is 9.85. The molecule has 2 heterocycles. The van der Waals surface area contributed by atoms with Crippen molar-refractivity contribution in [1.82, 2.24) is 14.9 Å². The highest BCUT2D eigenvalue weighted by Crippen LogP contribution is 2.43. The van der Waals surface area contributed by atoms with Crippen LogP contribution in [0, 0.1) is 12.3 Å². The third-order valence-electron chi connectivity index (χ3n) is 5.80. The van der Waals surface area contributed by atoms with Crippen molar-refractivity contribution in [3.05, 3.63) is 39.7 Å². The zero-order valence-corrected chi connectivity index (χ0v) is 20.1. The number of ether oxygens (including phenoxy) is 1. The van der Waals surface area contributed by atoms with Crippen LogP contribution in [0.1, 0.15) is 61.9 Å². The number of hydrogen-bond acceptors (Lipinski definition) is 8. The number of aromatic nitrogens is 2. The molecule has 1 fully saturated rings. The van der Waals surface area contributed by atoms with E-state index in [0.717, 1.165) is 35.5 Å². The first-order chi connectivity index (χ1) is 15.1. The number of nitrogens with one attached hydrogen (secondary N) is 2. The van der Waals surface area contributed by atoms with Crippen LogP contribution >= 0.6 is 11.6 Å². The van der Waals surface area contributed by atoms with Gasteiger partial charge >= 0.3 is 0 Å². The monoisotopic (exact) mass is 460 g/mol. The Kier molecular flexibility index (Phi) is 7.59. The first kappa shape index (κ1) is 24.2. The van der Waals surface area contributed by atoms with Gasteiger partial charge in [0.05, 0.1) is 24.3 Å². The predicted molar refractivity (Wildman–Crippen MR) is 129 cm³/mol. The normalized spacial score (nSPS) is 16.3. The smallest absolute Gasteiger partial charge is 0.141 e. The summed E-state index contributed by atoms with van der Waals surface area (Å²) in [6.45, 7) is 12.4. The fraction of sp³-hybridized carbons (Fsp3) is 0.522. The average Bonchev–Trinajstić information content (AvgIpc) is 2.67. The molecule has 3 rings (SSSR count). The Morgan fingerprint density at radius 3 is 2.69 bits per heavy atom. The maximum Gasteiger partial charge on any atom is 0.141 e. The SMILES string of the molecule is CCOc1c(C(C)Nc2ncnc(N)c2C(C)=N)cc(Cl)c(C)c1C1CN(C[C@H](C)O)C1. The van der Waals surface area contributed by atoms with E-state index in [0.29, 0.717) is 29.6 Å². The van der Waals surface area contributed by atoms with Gasteiger partial charge in [0.2, 0.25) is 0 Å². The highest BCUT2D eigenvalue weighted by Gasteiger charge is 2.34. The van der Waals surface area contributed by atoms with Crippen LogP contribution in [-0.4, -0.2) is 58.0 Å². The van der Waals surface area contributed by atoms with Crippen molar-refractivity contribution < 1.29 is 9.84 Å². The van der Waals surface area contributed by atoms with E-state index in [4.69, 9.17) is 27.5 Å². The molecule has 0 spiro atoms. The molecule has 0 aliphatic carbocycles. The van der Waals surface area contributed by atoms with Crippen molar-refractivity contribution in [2.45, 2.75) is 52.7 Å². The molecule has 32 heavy (non-hydrogen) atoms. The van der Waals surface area contributed by atoms with Crippen LogP contribution in [0.15, 0.2) is 12.4 Å². The van der Waals surface area contributed by atoms with Crippen LogP contribution in [0.4, 0.5) is 11.6 Å². The molecule has 2 atom stereocenters. The zero-order chi connectivity index (χ0) is 23.6. The van der Waals surface area contributed by atoms with Gasteiger partial charge in [-0.25, -0.2) is 9.97 Å². The van der Waals surface area contributed by atoms with Crippen LogP contribution in [0.2, 0.25) is 5.02 Å². The van der Waals surface area contributed by atoms with Gasteiger partial charge < -0.3 is 26.3 Å². The Balaban J connectivity index is 1.97. The van der Waals surface area contributed by atoms with Crippen LogP contribution in [-0.2, 0) is 0 Å². The van der Waals surface area contributed by atoms with Gasteiger partial charge in [0.1, 0.15) is 23.7 Å². The van der Waals surface area contributed by atoms with Gasteiger partial charge in [-0.1, -0.05) is 11.6 Å². The number of aliphatic hydroxyl groups is 1. The molecule has 0 radical (unpaired) electrons. The summed E-state index contributed by atoms with van der Waals surface area (Å²) in [7, 11) is 0. The number of anilines is 2. The number of rotatable bonds is 9. The molecular weight excluding hydrogens is 428 g/mol. The number of benzene rings is 1. The van der Waals surface area contributed by atoms with Crippen molar-refractivity contribution in [1.29, 1.82) is 5.41 Å². The van der Waals surface area contributed by atoms with Crippen molar-refractivity contribution in [2.75, 3.05) is 37.3 Å². The van der Waals surface area contributed by atoms with E-state index in [-0.39, 0.29) is 29.6 Å². The van der Waals surface area contributed by atoms with Gasteiger partial charge in [-0.05, 0) is 46.2 Å². The topological polar surface area (TPSA) is 120 Å². The Bertz CT molecular complexity index is 991. The first-order valence-corrected chi connectivity index (χ1v) is 11.3. The van der Waals surface area contributed by atoms with E-state index in [2.05, 4.69) is 20.2 Å². The quantitative estimate of drug-likeness (QED) is 0.420. The summed E-state index contributed by atoms with van der Waals surface area (Å²) in [4.78, 5) is 10.6. The van der Waals surface area contributed by atoms with Gasteiger partial charge in [-0.3, -0.25) is 4.90 Å². The lowest BCUT2D eigenvalue weighted by molar-refractivity contribution is 0.0730. The lowest BCUT2D eigenvalue weighted by Gasteiger charge is -2.42. The zero-order valence-electron chi connectivity index (χ0n) is 19.4. The standard InChI is InChI=1S/C23H33ClN6O2/c1-6-32-21-17(15(5)29-23-20(14(4)25)22(26)27-11-28-23)7-18(24)13(3)19(21)16-9-30(10-16)8-12(2)31/h7,11-12,15-16,25,31H,6,8-10H2,1-5H3,(H3,26,27,28,29)/t12-,15?/m0/s1. The van der Waals surface area contributed by atoms with E-state index in [1.54, 1.807) is 13.8 Å². The summed E-state index contributed by atoms with van der Waals surface area (Å²) in [5, 5.41) is 21.8. The van der Waals surface area contributed by atoms with E-state index >= 15 is 0 Å². The summed E-state index contributed by atoms with van der Waals surface area (Å²) < 4.78 is 6.17. The van der Waals surface area contributed by atoms with Crippen LogP contribution in [0.25, 0.3) is 0 Å². The van der Waals surface area contributed by atoms with E-state index in [1.165, 1.54) is 6.33 Å².